The summed E-state index contributed by atoms with van der Waals surface area (Å²) in [6, 6.07) is -0.906. The third-order valence-electron chi connectivity index (χ3n) is 4.09. The van der Waals surface area contributed by atoms with Crippen molar-refractivity contribution in [1.29, 1.82) is 0 Å². The van der Waals surface area contributed by atoms with Crippen LogP contribution in [0.5, 0.6) is 0 Å². The van der Waals surface area contributed by atoms with Gasteiger partial charge in [0.2, 0.25) is 5.91 Å². The molecule has 0 aliphatic carbocycles. The number of methoxy groups -OCH3 is 1. The summed E-state index contributed by atoms with van der Waals surface area (Å²) in [6.07, 6.45) is 1.48. The van der Waals surface area contributed by atoms with Gasteiger partial charge < -0.3 is 19.7 Å². The van der Waals surface area contributed by atoms with Crippen LogP contribution in [0.1, 0.15) is 20.3 Å². The first-order valence-corrected chi connectivity index (χ1v) is 8.62. The second-order valence-electron chi connectivity index (χ2n) is 6.01. The summed E-state index contributed by atoms with van der Waals surface area (Å²) in [5.74, 6) is -0.266. The molecule has 0 aromatic heterocycles. The van der Waals surface area contributed by atoms with Crippen molar-refractivity contribution >= 4 is 35.2 Å². The maximum Gasteiger partial charge on any atom is 0.409 e. The highest BCUT2D eigenvalue weighted by Gasteiger charge is 2.39. The van der Waals surface area contributed by atoms with Crippen molar-refractivity contribution in [2.24, 2.45) is 0 Å². The standard InChI is InChI=1S/C15H23Cl2N3O4/c1-4-24-14(22)20-6-5-10(11(8-20)23-3)18-13(21)12-9(16)7-15(2,17)19-12/h7,10-12,19H,4-6,8H2,1-3H3,(H,18,21)/t10-,11+,12?,15?/m1/s1. The first-order valence-electron chi connectivity index (χ1n) is 7.87. The summed E-state index contributed by atoms with van der Waals surface area (Å²) >= 11 is 12.2. The molecule has 2 heterocycles. The molecule has 2 amide bonds. The number of carbonyl (C=O) groups is 2. The van der Waals surface area contributed by atoms with Gasteiger partial charge in [0.15, 0.2) is 0 Å². The van der Waals surface area contributed by atoms with Gasteiger partial charge in [-0.05, 0) is 26.3 Å². The SMILES string of the molecule is CCOC(=O)N1CC[C@@H](NC(=O)C2NC(C)(Cl)C=C2Cl)[C@@H](OC)C1. The molecule has 0 bridgehead atoms. The average molecular weight is 380 g/mol. The molecular weight excluding hydrogens is 357 g/mol. The molecule has 2 unspecified atom stereocenters. The number of halogens is 2. The molecule has 0 spiro atoms. The molecule has 7 nitrogen and oxygen atoms in total. The Balaban J connectivity index is 1.94. The van der Waals surface area contributed by atoms with Gasteiger partial charge in [0.1, 0.15) is 11.0 Å². The molecule has 2 aliphatic rings. The van der Waals surface area contributed by atoms with E-state index in [1.807, 2.05) is 0 Å². The minimum absolute atomic E-state index is 0.221. The lowest BCUT2D eigenvalue weighted by Crippen LogP contribution is -2.58. The van der Waals surface area contributed by atoms with Gasteiger partial charge in [0.25, 0.3) is 0 Å². The zero-order valence-corrected chi connectivity index (χ0v) is 15.5. The molecule has 4 atom stereocenters. The van der Waals surface area contributed by atoms with Crippen molar-refractivity contribution in [2.45, 2.75) is 43.5 Å². The molecule has 136 valence electrons. The lowest BCUT2D eigenvalue weighted by molar-refractivity contribution is -0.124. The number of rotatable bonds is 4. The third-order valence-corrected chi connectivity index (χ3v) is 4.63. The van der Waals surface area contributed by atoms with Crippen molar-refractivity contribution in [3.05, 3.63) is 11.1 Å². The van der Waals surface area contributed by atoms with Gasteiger partial charge in [-0.2, -0.15) is 0 Å². The number of hydrogen-bond acceptors (Lipinski definition) is 5. The van der Waals surface area contributed by atoms with Crippen molar-refractivity contribution in [1.82, 2.24) is 15.5 Å². The maximum absolute atomic E-state index is 12.5. The van der Waals surface area contributed by atoms with E-state index < -0.39 is 11.0 Å². The van der Waals surface area contributed by atoms with Crippen molar-refractivity contribution in [3.63, 3.8) is 0 Å². The minimum atomic E-state index is -0.840. The Labute approximate surface area is 151 Å². The molecule has 2 N–H and O–H groups in total. The van der Waals surface area contributed by atoms with Crippen molar-refractivity contribution < 1.29 is 19.1 Å². The van der Waals surface area contributed by atoms with Crippen LogP contribution >= 0.6 is 23.2 Å². The number of nitrogens with one attached hydrogen (secondary N) is 2. The Morgan fingerprint density at radius 1 is 1.54 bits per heavy atom. The van der Waals surface area contributed by atoms with E-state index in [-0.39, 0.29) is 24.1 Å². The molecule has 0 aromatic carbocycles. The first-order chi connectivity index (χ1) is 11.3. The number of carbonyl (C=O) groups excluding carboxylic acids is 2. The number of nitrogens with zero attached hydrogens (tertiary/aromatic N) is 1. The molecular formula is C15H23Cl2N3O4. The van der Waals surface area contributed by atoms with Gasteiger partial charge in [-0.3, -0.25) is 10.1 Å². The zero-order chi connectivity index (χ0) is 17.9. The Kier molecular flexibility index (Phi) is 6.36. The van der Waals surface area contributed by atoms with Crippen LogP contribution in [0.4, 0.5) is 4.79 Å². The molecule has 1 fully saturated rings. The van der Waals surface area contributed by atoms with Gasteiger partial charge in [0, 0.05) is 18.7 Å². The molecule has 1 saturated heterocycles. The summed E-state index contributed by atoms with van der Waals surface area (Å²) in [6.45, 7) is 4.64. The molecule has 9 heteroatoms. The summed E-state index contributed by atoms with van der Waals surface area (Å²) in [4.78, 5) is 25.0. The van der Waals surface area contributed by atoms with Gasteiger partial charge in [-0.25, -0.2) is 4.79 Å². The van der Waals surface area contributed by atoms with E-state index in [1.165, 1.54) is 0 Å². The number of ether oxygens (including phenoxy) is 2. The van der Waals surface area contributed by atoms with Crippen LogP contribution < -0.4 is 10.6 Å². The van der Waals surface area contributed by atoms with E-state index in [2.05, 4.69) is 10.6 Å². The number of hydrogen-bond donors (Lipinski definition) is 2. The lowest BCUT2D eigenvalue weighted by Gasteiger charge is -2.37. The largest absolute Gasteiger partial charge is 0.450 e. The van der Waals surface area contributed by atoms with Gasteiger partial charge in [-0.15, -0.1) is 0 Å². The normalized spacial score (nSPS) is 33.1. The minimum Gasteiger partial charge on any atom is -0.450 e. The summed E-state index contributed by atoms with van der Waals surface area (Å²) in [5.41, 5.74) is 0. The number of alkyl halides is 1. The Bertz CT molecular complexity index is 527. The highest BCUT2D eigenvalue weighted by Crippen LogP contribution is 2.28. The third kappa shape index (κ3) is 4.53. The first kappa shape index (κ1) is 19.3. The van der Waals surface area contributed by atoms with Crippen molar-refractivity contribution in [2.75, 3.05) is 26.8 Å². The van der Waals surface area contributed by atoms with Crippen LogP contribution in [-0.4, -0.2) is 66.9 Å². The molecule has 24 heavy (non-hydrogen) atoms. The van der Waals surface area contributed by atoms with E-state index in [0.717, 1.165) is 0 Å². The van der Waals surface area contributed by atoms with Crippen molar-refractivity contribution in [3.8, 4) is 0 Å². The Morgan fingerprint density at radius 2 is 2.25 bits per heavy atom. The monoisotopic (exact) mass is 379 g/mol. The highest BCUT2D eigenvalue weighted by atomic mass is 35.5. The summed E-state index contributed by atoms with van der Waals surface area (Å²) in [5, 5.41) is 6.25. The highest BCUT2D eigenvalue weighted by molar-refractivity contribution is 6.35. The van der Waals surface area contributed by atoms with Gasteiger partial charge >= 0.3 is 6.09 Å². The van der Waals surface area contributed by atoms with E-state index in [9.17, 15) is 9.59 Å². The van der Waals surface area contributed by atoms with Crippen LogP contribution in [0.3, 0.4) is 0 Å². The number of piperidine rings is 1. The van der Waals surface area contributed by atoms with E-state index >= 15 is 0 Å². The number of likely N-dealkylation sites (tertiary alicyclic amines) is 1. The van der Waals surface area contributed by atoms with E-state index in [0.29, 0.717) is 31.1 Å². The van der Waals surface area contributed by atoms with Crippen LogP contribution in [-0.2, 0) is 14.3 Å². The quantitative estimate of drug-likeness (QED) is 0.569. The van der Waals surface area contributed by atoms with Gasteiger partial charge in [-0.1, -0.05) is 23.2 Å². The predicted octanol–water partition coefficient (Wildman–Crippen LogP) is 1.40. The molecule has 2 rings (SSSR count). The van der Waals surface area contributed by atoms with E-state index in [1.54, 1.807) is 31.9 Å². The van der Waals surface area contributed by atoms with Crippen LogP contribution in [0.15, 0.2) is 11.1 Å². The molecule has 0 radical (unpaired) electrons. The smallest absolute Gasteiger partial charge is 0.409 e. The molecule has 2 aliphatic heterocycles. The number of amides is 2. The fourth-order valence-corrected chi connectivity index (χ4v) is 3.55. The molecule has 0 saturated carbocycles. The fourth-order valence-electron chi connectivity index (χ4n) is 2.89. The second kappa shape index (κ2) is 7.91. The Morgan fingerprint density at radius 3 is 2.79 bits per heavy atom. The fraction of sp³-hybridized carbons (Fsp3) is 0.733. The molecule has 0 aromatic rings. The zero-order valence-electron chi connectivity index (χ0n) is 14.0. The van der Waals surface area contributed by atoms with Crippen LogP contribution in [0.25, 0.3) is 0 Å². The maximum atomic E-state index is 12.5. The summed E-state index contributed by atoms with van der Waals surface area (Å²) in [7, 11) is 1.55. The van der Waals surface area contributed by atoms with E-state index in [4.69, 9.17) is 32.7 Å². The average Bonchev–Trinajstić information content (AvgIpc) is 2.80. The van der Waals surface area contributed by atoms with Crippen LogP contribution in [0, 0.1) is 0 Å². The predicted molar refractivity (Wildman–Crippen MR) is 91.1 cm³/mol. The topological polar surface area (TPSA) is 79.9 Å². The van der Waals surface area contributed by atoms with Crippen LogP contribution in [0.2, 0.25) is 0 Å². The second-order valence-corrected chi connectivity index (χ2v) is 7.23. The Hall–Kier alpha value is -1.02. The van der Waals surface area contributed by atoms with Gasteiger partial charge in [0.05, 0.1) is 25.3 Å². The summed E-state index contributed by atoms with van der Waals surface area (Å²) < 4.78 is 10.4. The lowest BCUT2D eigenvalue weighted by atomic mass is 10.0.